The molecule has 1 unspecified atom stereocenters. The Morgan fingerprint density at radius 3 is 2.24 bits per heavy atom. The highest BCUT2D eigenvalue weighted by Gasteiger charge is 2.47. The van der Waals surface area contributed by atoms with E-state index in [2.05, 4.69) is 4.74 Å². The summed E-state index contributed by atoms with van der Waals surface area (Å²) in [5.41, 5.74) is 0.0812. The Hall–Kier alpha value is -3.89. The van der Waals surface area contributed by atoms with Crippen molar-refractivity contribution in [3.63, 3.8) is 0 Å². The van der Waals surface area contributed by atoms with Gasteiger partial charge in [0.15, 0.2) is 0 Å². The number of Topliss-reactive ketones (excluding diaryl/α,β-unsaturated/α-hetero) is 1. The molecule has 0 saturated carbocycles. The maximum absolute atomic E-state index is 13.3. The molecule has 0 spiro atoms. The Kier molecular flexibility index (Phi) is 7.48. The first kappa shape index (κ1) is 27.2. The zero-order valence-electron chi connectivity index (χ0n) is 19.7. The number of alkyl halides is 3. The van der Waals surface area contributed by atoms with E-state index < -0.39 is 35.6 Å². The molecule has 3 aromatic carbocycles. The predicted octanol–water partition coefficient (Wildman–Crippen LogP) is 6.54. The van der Waals surface area contributed by atoms with Gasteiger partial charge in [-0.15, -0.1) is 13.2 Å². The van der Waals surface area contributed by atoms with Crippen LogP contribution in [0.1, 0.15) is 17.2 Å². The van der Waals surface area contributed by atoms with Crippen molar-refractivity contribution in [3.8, 4) is 17.2 Å². The van der Waals surface area contributed by atoms with E-state index in [1.54, 1.807) is 24.3 Å². The van der Waals surface area contributed by atoms with Crippen LogP contribution in [0.4, 0.5) is 18.9 Å². The standard InChI is InChI=1S/C26H18Cl2F3NO6/c1-36-17-5-3-4-13(10-17)21-20(22(33)18-11-14(27)12-19(28)24(18)37-2)23(34)25(35)32(21)15-6-8-16(9-7-15)38-26(29,30)31/h3-12,21,33H,1-2H3/b22-20+. The molecule has 198 valence electrons. The van der Waals surface area contributed by atoms with Crippen molar-refractivity contribution < 1.29 is 42.1 Å². The summed E-state index contributed by atoms with van der Waals surface area (Å²) in [6.45, 7) is 0. The van der Waals surface area contributed by atoms with Crippen molar-refractivity contribution in [2.45, 2.75) is 12.4 Å². The number of carbonyl (C=O) groups excluding carboxylic acids is 2. The topological polar surface area (TPSA) is 85.3 Å². The fourth-order valence-corrected chi connectivity index (χ4v) is 4.69. The summed E-state index contributed by atoms with van der Waals surface area (Å²) >= 11 is 12.3. The fourth-order valence-electron chi connectivity index (χ4n) is 4.12. The first-order chi connectivity index (χ1) is 17.9. The molecule has 1 N–H and O–H groups in total. The Morgan fingerprint density at radius 1 is 0.947 bits per heavy atom. The van der Waals surface area contributed by atoms with E-state index in [9.17, 15) is 27.9 Å². The number of hydrogen-bond acceptors (Lipinski definition) is 6. The van der Waals surface area contributed by atoms with Crippen molar-refractivity contribution in [3.05, 3.63) is 87.4 Å². The lowest BCUT2D eigenvalue weighted by atomic mass is 9.94. The van der Waals surface area contributed by atoms with Crippen LogP contribution in [0.5, 0.6) is 17.2 Å². The molecule has 38 heavy (non-hydrogen) atoms. The summed E-state index contributed by atoms with van der Waals surface area (Å²) in [6.07, 6.45) is -4.91. The number of ketones is 1. The molecule has 12 heteroatoms. The highest BCUT2D eigenvalue weighted by Crippen LogP contribution is 2.45. The van der Waals surface area contributed by atoms with Crippen LogP contribution in [0.15, 0.2) is 66.2 Å². The number of halogens is 5. The van der Waals surface area contributed by atoms with E-state index >= 15 is 0 Å². The summed E-state index contributed by atoms with van der Waals surface area (Å²) in [4.78, 5) is 27.7. The summed E-state index contributed by atoms with van der Waals surface area (Å²) in [6, 6.07) is 12.3. The number of carbonyl (C=O) groups is 2. The zero-order chi connectivity index (χ0) is 27.8. The van der Waals surface area contributed by atoms with Gasteiger partial charge in [-0.1, -0.05) is 35.3 Å². The average Bonchev–Trinajstić information content (AvgIpc) is 3.13. The fraction of sp³-hybridized carbons (Fsp3) is 0.154. The molecule has 3 aromatic rings. The van der Waals surface area contributed by atoms with E-state index in [-0.39, 0.29) is 32.6 Å². The first-order valence-corrected chi connectivity index (χ1v) is 11.5. The van der Waals surface area contributed by atoms with Gasteiger partial charge in [-0.2, -0.15) is 0 Å². The summed E-state index contributed by atoms with van der Waals surface area (Å²) in [7, 11) is 2.73. The minimum atomic E-state index is -4.91. The van der Waals surface area contributed by atoms with Crippen LogP contribution >= 0.6 is 23.2 Å². The van der Waals surface area contributed by atoms with Gasteiger partial charge in [0, 0.05) is 10.7 Å². The highest BCUT2D eigenvalue weighted by molar-refractivity contribution is 6.52. The van der Waals surface area contributed by atoms with E-state index in [1.165, 1.54) is 38.5 Å². The number of aliphatic hydroxyl groups excluding tert-OH is 1. The van der Waals surface area contributed by atoms with Gasteiger partial charge in [0.25, 0.3) is 11.7 Å². The maximum atomic E-state index is 13.3. The molecule has 1 atom stereocenters. The van der Waals surface area contributed by atoms with Gasteiger partial charge in [0.2, 0.25) is 0 Å². The molecule has 1 heterocycles. The molecule has 4 rings (SSSR count). The lowest BCUT2D eigenvalue weighted by molar-refractivity contribution is -0.274. The highest BCUT2D eigenvalue weighted by atomic mass is 35.5. The smallest absolute Gasteiger partial charge is 0.507 e. The van der Waals surface area contributed by atoms with Gasteiger partial charge in [-0.3, -0.25) is 14.5 Å². The molecule has 1 amide bonds. The van der Waals surface area contributed by atoms with Crippen LogP contribution in [0.2, 0.25) is 10.0 Å². The monoisotopic (exact) mass is 567 g/mol. The van der Waals surface area contributed by atoms with Gasteiger partial charge in [0.1, 0.15) is 23.0 Å². The predicted molar refractivity (Wildman–Crippen MR) is 134 cm³/mol. The quantitative estimate of drug-likeness (QED) is 0.207. The second-order valence-corrected chi connectivity index (χ2v) is 8.80. The summed E-state index contributed by atoms with van der Waals surface area (Å²) in [5, 5.41) is 11.5. The lowest BCUT2D eigenvalue weighted by Gasteiger charge is -2.26. The van der Waals surface area contributed by atoms with Crippen molar-refractivity contribution in [2.75, 3.05) is 19.1 Å². The molecule has 7 nitrogen and oxygen atoms in total. The minimum absolute atomic E-state index is 0.0119. The Morgan fingerprint density at radius 2 is 1.63 bits per heavy atom. The normalized spacial score (nSPS) is 17.0. The third-order valence-corrected chi connectivity index (χ3v) is 6.17. The number of aliphatic hydroxyl groups is 1. The van der Waals surface area contributed by atoms with Gasteiger partial charge in [0.05, 0.1) is 36.4 Å². The first-order valence-electron chi connectivity index (χ1n) is 10.8. The molecular weight excluding hydrogens is 550 g/mol. The third-order valence-electron chi connectivity index (χ3n) is 5.67. The van der Waals surface area contributed by atoms with Gasteiger partial charge < -0.3 is 19.3 Å². The van der Waals surface area contributed by atoms with Crippen LogP contribution in [0.25, 0.3) is 5.76 Å². The summed E-state index contributed by atoms with van der Waals surface area (Å²) in [5.74, 6) is -2.81. The van der Waals surface area contributed by atoms with E-state index in [0.717, 1.165) is 17.0 Å². The molecule has 0 aromatic heterocycles. The van der Waals surface area contributed by atoms with Crippen molar-refractivity contribution in [1.29, 1.82) is 0 Å². The number of ether oxygens (including phenoxy) is 3. The van der Waals surface area contributed by atoms with Crippen LogP contribution in [0, 0.1) is 0 Å². The molecule has 0 bridgehead atoms. The Bertz CT molecular complexity index is 1440. The van der Waals surface area contributed by atoms with Crippen molar-refractivity contribution in [2.24, 2.45) is 0 Å². The molecule has 0 radical (unpaired) electrons. The van der Waals surface area contributed by atoms with Crippen LogP contribution in [0.3, 0.4) is 0 Å². The number of rotatable bonds is 6. The molecule has 1 fully saturated rings. The van der Waals surface area contributed by atoms with Gasteiger partial charge in [-0.05, 0) is 54.1 Å². The number of amides is 1. The van der Waals surface area contributed by atoms with Crippen LogP contribution < -0.4 is 19.1 Å². The second-order valence-electron chi connectivity index (χ2n) is 7.96. The third kappa shape index (κ3) is 5.23. The van der Waals surface area contributed by atoms with E-state index in [1.807, 2.05) is 0 Å². The summed E-state index contributed by atoms with van der Waals surface area (Å²) < 4.78 is 52.3. The second kappa shape index (κ2) is 10.5. The Labute approximate surface area is 224 Å². The van der Waals surface area contributed by atoms with Gasteiger partial charge in [-0.25, -0.2) is 0 Å². The number of methoxy groups -OCH3 is 2. The molecule has 1 aliphatic heterocycles. The molecule has 0 aliphatic carbocycles. The SMILES string of the molecule is COc1cccc(C2/C(=C(\O)c3cc(Cl)cc(Cl)c3OC)C(=O)C(=O)N2c2ccc(OC(F)(F)F)cc2)c1. The van der Waals surface area contributed by atoms with Crippen LogP contribution in [-0.2, 0) is 9.59 Å². The Balaban J connectivity index is 1.94. The largest absolute Gasteiger partial charge is 0.573 e. The van der Waals surface area contributed by atoms with E-state index in [4.69, 9.17) is 32.7 Å². The molecular formula is C26H18Cl2F3NO6. The van der Waals surface area contributed by atoms with E-state index in [0.29, 0.717) is 11.3 Å². The lowest BCUT2D eigenvalue weighted by Crippen LogP contribution is -2.29. The maximum Gasteiger partial charge on any atom is 0.573 e. The molecule has 1 aliphatic rings. The number of nitrogens with zero attached hydrogens (tertiary/aromatic N) is 1. The minimum Gasteiger partial charge on any atom is -0.507 e. The van der Waals surface area contributed by atoms with Crippen molar-refractivity contribution in [1.82, 2.24) is 0 Å². The number of hydrogen-bond donors (Lipinski definition) is 1. The van der Waals surface area contributed by atoms with Gasteiger partial charge >= 0.3 is 6.36 Å². The zero-order valence-corrected chi connectivity index (χ0v) is 21.2. The molecule has 1 saturated heterocycles. The number of benzene rings is 3. The number of anilines is 1. The van der Waals surface area contributed by atoms with Crippen LogP contribution in [-0.4, -0.2) is 37.4 Å². The average molecular weight is 568 g/mol. The van der Waals surface area contributed by atoms with Crippen molar-refractivity contribution >= 4 is 46.3 Å².